The van der Waals surface area contributed by atoms with E-state index in [4.69, 9.17) is 10.2 Å². The number of phenolic OH excluding ortho intramolecular Hbond substituents is 2. The number of nitrogens with zero attached hydrogens (tertiary/aromatic N) is 1. The van der Waals surface area contributed by atoms with Crippen molar-refractivity contribution in [1.29, 1.82) is 0 Å². The van der Waals surface area contributed by atoms with Crippen molar-refractivity contribution in [3.05, 3.63) is 23.8 Å². The predicted molar refractivity (Wildman–Crippen MR) is 63.3 cm³/mol. The van der Waals surface area contributed by atoms with Crippen molar-refractivity contribution >= 4 is 6.09 Å². The van der Waals surface area contributed by atoms with Crippen molar-refractivity contribution in [2.45, 2.75) is 26.3 Å². The largest absolute Gasteiger partial charge is 0.504 e. The highest BCUT2D eigenvalue weighted by atomic mass is 16.4. The van der Waals surface area contributed by atoms with E-state index in [2.05, 4.69) is 0 Å². The van der Waals surface area contributed by atoms with Gasteiger partial charge in [-0.25, -0.2) is 4.79 Å². The molecule has 1 rings (SSSR count). The van der Waals surface area contributed by atoms with Crippen LogP contribution in [0.3, 0.4) is 0 Å². The molecule has 0 heterocycles. The molecule has 0 fully saturated rings. The van der Waals surface area contributed by atoms with Gasteiger partial charge in [0.25, 0.3) is 0 Å². The number of aromatic hydroxyl groups is 2. The Morgan fingerprint density at radius 3 is 2.47 bits per heavy atom. The first kappa shape index (κ1) is 13.2. The second-order valence-electron chi connectivity index (χ2n) is 3.94. The van der Waals surface area contributed by atoms with Crippen LogP contribution in [0.5, 0.6) is 11.5 Å². The zero-order valence-electron chi connectivity index (χ0n) is 9.92. The van der Waals surface area contributed by atoms with Gasteiger partial charge in [0.15, 0.2) is 11.5 Å². The number of phenols is 2. The Morgan fingerprint density at radius 1 is 1.35 bits per heavy atom. The molecule has 0 radical (unpaired) electrons. The maximum atomic E-state index is 10.9. The first-order valence-electron chi connectivity index (χ1n) is 5.46. The van der Waals surface area contributed by atoms with Gasteiger partial charge in [0.05, 0.1) is 0 Å². The summed E-state index contributed by atoms with van der Waals surface area (Å²) in [7, 11) is 0. The van der Waals surface area contributed by atoms with Crippen molar-refractivity contribution in [2.24, 2.45) is 0 Å². The first-order chi connectivity index (χ1) is 7.95. The van der Waals surface area contributed by atoms with Crippen molar-refractivity contribution in [3.63, 3.8) is 0 Å². The van der Waals surface area contributed by atoms with Crippen LogP contribution in [-0.2, 0) is 6.42 Å². The monoisotopic (exact) mass is 239 g/mol. The summed E-state index contributed by atoms with van der Waals surface area (Å²) in [5, 5.41) is 27.5. The van der Waals surface area contributed by atoms with Gasteiger partial charge in [-0.2, -0.15) is 0 Å². The molecule has 5 heteroatoms. The molecule has 0 aliphatic carbocycles. The number of hydrogen-bond acceptors (Lipinski definition) is 3. The Bertz CT molecular complexity index is 405. The molecule has 0 aliphatic rings. The maximum Gasteiger partial charge on any atom is 0.407 e. The molecular formula is C12H17NO4. The van der Waals surface area contributed by atoms with E-state index in [1.807, 2.05) is 6.92 Å². The molecule has 1 amide bonds. The van der Waals surface area contributed by atoms with Crippen molar-refractivity contribution in [3.8, 4) is 11.5 Å². The lowest BCUT2D eigenvalue weighted by molar-refractivity contribution is 0.131. The first-order valence-corrected chi connectivity index (χ1v) is 5.46. The summed E-state index contributed by atoms with van der Waals surface area (Å²) < 4.78 is 0. The number of rotatable bonds is 4. The molecule has 0 spiro atoms. The maximum absolute atomic E-state index is 10.9. The molecule has 3 N–H and O–H groups in total. The van der Waals surface area contributed by atoms with E-state index in [0.29, 0.717) is 13.0 Å². The van der Waals surface area contributed by atoms with Gasteiger partial charge in [-0.05, 0) is 38.0 Å². The van der Waals surface area contributed by atoms with Crippen LogP contribution in [-0.4, -0.2) is 38.9 Å². The molecule has 0 saturated heterocycles. The highest BCUT2D eigenvalue weighted by Gasteiger charge is 2.17. The fraction of sp³-hybridized carbons (Fsp3) is 0.417. The van der Waals surface area contributed by atoms with E-state index < -0.39 is 6.09 Å². The SMILES string of the molecule is CCN(C(=O)O)C(C)Cc1ccc(O)c(O)c1. The topological polar surface area (TPSA) is 81.0 Å². The van der Waals surface area contributed by atoms with Gasteiger partial charge in [-0.15, -0.1) is 0 Å². The fourth-order valence-corrected chi connectivity index (χ4v) is 1.78. The smallest absolute Gasteiger partial charge is 0.407 e. The summed E-state index contributed by atoms with van der Waals surface area (Å²) in [5.41, 5.74) is 0.785. The van der Waals surface area contributed by atoms with Crippen LogP contribution < -0.4 is 0 Å². The summed E-state index contributed by atoms with van der Waals surface area (Å²) in [6, 6.07) is 4.33. The van der Waals surface area contributed by atoms with Crippen LogP contribution in [0.4, 0.5) is 4.79 Å². The molecule has 0 bridgehead atoms. The molecule has 1 aromatic carbocycles. The van der Waals surface area contributed by atoms with E-state index in [1.165, 1.54) is 17.0 Å². The third-order valence-corrected chi connectivity index (χ3v) is 2.69. The number of likely N-dealkylation sites (N-methyl/N-ethyl adjacent to an activating group) is 1. The second-order valence-corrected chi connectivity index (χ2v) is 3.94. The summed E-state index contributed by atoms with van der Waals surface area (Å²) in [5.74, 6) is -0.361. The summed E-state index contributed by atoms with van der Waals surface area (Å²) >= 11 is 0. The van der Waals surface area contributed by atoms with Gasteiger partial charge in [0.2, 0.25) is 0 Å². The zero-order chi connectivity index (χ0) is 13.0. The van der Waals surface area contributed by atoms with Crippen molar-refractivity contribution in [2.75, 3.05) is 6.54 Å². The van der Waals surface area contributed by atoms with Gasteiger partial charge < -0.3 is 20.2 Å². The number of amides is 1. The van der Waals surface area contributed by atoms with Crippen LogP contribution in [0.2, 0.25) is 0 Å². The van der Waals surface area contributed by atoms with E-state index in [9.17, 15) is 9.90 Å². The predicted octanol–water partition coefficient (Wildman–Crippen LogP) is 2.03. The minimum absolute atomic E-state index is 0.174. The fourth-order valence-electron chi connectivity index (χ4n) is 1.78. The van der Waals surface area contributed by atoms with Gasteiger partial charge in [-0.3, -0.25) is 0 Å². The number of carbonyl (C=O) groups is 1. The number of hydrogen-bond donors (Lipinski definition) is 3. The third kappa shape index (κ3) is 3.27. The number of carboxylic acid groups (broad SMARTS) is 1. The summed E-state index contributed by atoms with van der Waals surface area (Å²) in [6.07, 6.45) is -0.462. The van der Waals surface area contributed by atoms with E-state index in [-0.39, 0.29) is 17.5 Å². The summed E-state index contributed by atoms with van der Waals surface area (Å²) in [4.78, 5) is 12.2. The van der Waals surface area contributed by atoms with Gasteiger partial charge >= 0.3 is 6.09 Å². The van der Waals surface area contributed by atoms with Crippen LogP contribution in [0, 0.1) is 0 Å². The molecule has 1 unspecified atom stereocenters. The zero-order valence-corrected chi connectivity index (χ0v) is 9.92. The van der Waals surface area contributed by atoms with E-state index in [1.54, 1.807) is 13.0 Å². The van der Waals surface area contributed by atoms with Crippen molar-refractivity contribution in [1.82, 2.24) is 4.90 Å². The Morgan fingerprint density at radius 2 is 2.00 bits per heavy atom. The standard InChI is InChI=1S/C12H17NO4/c1-3-13(12(16)17)8(2)6-9-4-5-10(14)11(15)7-9/h4-5,7-8,14-15H,3,6H2,1-2H3,(H,16,17). The van der Waals surface area contributed by atoms with Gasteiger partial charge in [0.1, 0.15) is 0 Å². The van der Waals surface area contributed by atoms with Crippen LogP contribution >= 0.6 is 0 Å². The lowest BCUT2D eigenvalue weighted by atomic mass is 10.1. The van der Waals surface area contributed by atoms with Crippen LogP contribution in [0.15, 0.2) is 18.2 Å². The minimum Gasteiger partial charge on any atom is -0.504 e. The molecule has 94 valence electrons. The van der Waals surface area contributed by atoms with Crippen LogP contribution in [0.1, 0.15) is 19.4 Å². The Balaban J connectivity index is 2.76. The average molecular weight is 239 g/mol. The third-order valence-electron chi connectivity index (χ3n) is 2.69. The molecule has 0 aromatic heterocycles. The second kappa shape index (κ2) is 5.43. The van der Waals surface area contributed by atoms with Gasteiger partial charge in [-0.1, -0.05) is 6.07 Å². The Kier molecular flexibility index (Phi) is 4.20. The normalized spacial score (nSPS) is 12.1. The Hall–Kier alpha value is -1.91. The molecule has 0 saturated carbocycles. The van der Waals surface area contributed by atoms with E-state index in [0.717, 1.165) is 5.56 Å². The molecular weight excluding hydrogens is 222 g/mol. The highest BCUT2D eigenvalue weighted by Crippen LogP contribution is 2.25. The number of benzene rings is 1. The molecule has 0 aliphatic heterocycles. The van der Waals surface area contributed by atoms with Crippen molar-refractivity contribution < 1.29 is 20.1 Å². The lowest BCUT2D eigenvalue weighted by Gasteiger charge is -2.25. The Labute approximate surface area is 99.9 Å². The molecule has 5 nitrogen and oxygen atoms in total. The summed E-state index contributed by atoms with van der Waals surface area (Å²) in [6.45, 7) is 4.00. The lowest BCUT2D eigenvalue weighted by Crippen LogP contribution is -2.38. The van der Waals surface area contributed by atoms with Crippen LogP contribution in [0.25, 0.3) is 0 Å². The highest BCUT2D eigenvalue weighted by molar-refractivity contribution is 5.65. The van der Waals surface area contributed by atoms with E-state index >= 15 is 0 Å². The average Bonchev–Trinajstić information content (AvgIpc) is 2.24. The van der Waals surface area contributed by atoms with Gasteiger partial charge in [0, 0.05) is 12.6 Å². The molecule has 1 aromatic rings. The minimum atomic E-state index is -0.956. The quantitative estimate of drug-likeness (QED) is 0.702. The molecule has 1 atom stereocenters. The molecule has 17 heavy (non-hydrogen) atoms.